The predicted octanol–water partition coefficient (Wildman–Crippen LogP) is 4.58. The Labute approximate surface area is 172 Å². The van der Waals surface area contributed by atoms with Crippen LogP contribution in [0, 0.1) is 23.0 Å². The SMILES string of the molecule is CO[C@H](C(=O)NCc1ccc(C#N)cc1)c1c(F)ccc(Nc2ccccc2)c1F. The zero-order chi connectivity index (χ0) is 21.5. The third kappa shape index (κ3) is 4.80. The number of ether oxygens (including phenoxy) is 1. The number of carbonyl (C=O) groups excluding carboxylic acids is 1. The Morgan fingerprint density at radius 2 is 1.77 bits per heavy atom. The molecule has 0 unspecified atom stereocenters. The van der Waals surface area contributed by atoms with Crippen molar-refractivity contribution in [1.29, 1.82) is 5.26 Å². The summed E-state index contributed by atoms with van der Waals surface area (Å²) in [5.41, 5.74) is 1.40. The van der Waals surface area contributed by atoms with E-state index in [-0.39, 0.29) is 12.2 Å². The first-order valence-corrected chi connectivity index (χ1v) is 9.13. The van der Waals surface area contributed by atoms with Crippen LogP contribution in [0.2, 0.25) is 0 Å². The van der Waals surface area contributed by atoms with Crippen LogP contribution in [0.4, 0.5) is 20.2 Å². The molecule has 3 aromatic carbocycles. The van der Waals surface area contributed by atoms with E-state index in [1.165, 1.54) is 13.2 Å². The maximum Gasteiger partial charge on any atom is 0.254 e. The molecule has 0 aromatic heterocycles. The standard InChI is InChI=1S/C23H19F2N3O2/c1-30-22(23(29)27-14-16-9-7-15(13-26)8-10-16)20-18(24)11-12-19(21(20)25)28-17-5-3-2-4-6-17/h2-12,22,28H,14H2,1H3,(H,27,29)/t22-/m0/s1. The minimum atomic E-state index is -1.47. The molecule has 0 radical (unpaired) electrons. The van der Waals surface area contributed by atoms with Gasteiger partial charge in [-0.1, -0.05) is 30.3 Å². The Bertz CT molecular complexity index is 1060. The Morgan fingerprint density at radius 3 is 2.40 bits per heavy atom. The fourth-order valence-electron chi connectivity index (χ4n) is 2.92. The molecule has 0 aliphatic carbocycles. The van der Waals surface area contributed by atoms with Crippen LogP contribution < -0.4 is 10.6 Å². The van der Waals surface area contributed by atoms with Crippen LogP contribution >= 0.6 is 0 Å². The molecular weight excluding hydrogens is 388 g/mol. The molecule has 3 aromatic rings. The first-order chi connectivity index (χ1) is 14.5. The zero-order valence-corrected chi connectivity index (χ0v) is 16.2. The Kier molecular flexibility index (Phi) is 6.73. The van der Waals surface area contributed by atoms with Crippen molar-refractivity contribution in [2.75, 3.05) is 12.4 Å². The fourth-order valence-corrected chi connectivity index (χ4v) is 2.92. The smallest absolute Gasteiger partial charge is 0.254 e. The van der Waals surface area contributed by atoms with E-state index in [2.05, 4.69) is 10.6 Å². The van der Waals surface area contributed by atoms with Gasteiger partial charge in [-0.15, -0.1) is 0 Å². The van der Waals surface area contributed by atoms with Crippen molar-refractivity contribution in [2.24, 2.45) is 0 Å². The highest BCUT2D eigenvalue weighted by Crippen LogP contribution is 2.30. The molecule has 5 nitrogen and oxygen atoms in total. The van der Waals surface area contributed by atoms with E-state index in [4.69, 9.17) is 10.00 Å². The monoisotopic (exact) mass is 407 g/mol. The minimum Gasteiger partial charge on any atom is -0.367 e. The summed E-state index contributed by atoms with van der Waals surface area (Å²) >= 11 is 0. The maximum absolute atomic E-state index is 15.1. The molecular formula is C23H19F2N3O2. The minimum absolute atomic E-state index is 0.0274. The number of anilines is 2. The van der Waals surface area contributed by atoms with E-state index in [9.17, 15) is 9.18 Å². The molecule has 0 heterocycles. The molecule has 0 saturated heterocycles. The Morgan fingerprint density at radius 1 is 1.07 bits per heavy atom. The van der Waals surface area contributed by atoms with Crippen LogP contribution in [0.3, 0.4) is 0 Å². The van der Waals surface area contributed by atoms with Crippen LogP contribution in [0.1, 0.15) is 22.8 Å². The van der Waals surface area contributed by atoms with Gasteiger partial charge < -0.3 is 15.4 Å². The molecule has 1 amide bonds. The number of nitrogens with zero attached hydrogens (tertiary/aromatic N) is 1. The molecule has 0 spiro atoms. The van der Waals surface area contributed by atoms with Crippen molar-refractivity contribution in [1.82, 2.24) is 5.32 Å². The van der Waals surface area contributed by atoms with Crippen LogP contribution in [-0.4, -0.2) is 13.0 Å². The first-order valence-electron chi connectivity index (χ1n) is 9.13. The molecule has 0 bridgehead atoms. The van der Waals surface area contributed by atoms with Gasteiger partial charge in [-0.25, -0.2) is 8.78 Å². The number of hydrogen-bond acceptors (Lipinski definition) is 4. The molecule has 152 valence electrons. The molecule has 2 N–H and O–H groups in total. The fraction of sp³-hybridized carbons (Fsp3) is 0.130. The largest absolute Gasteiger partial charge is 0.367 e. The Balaban J connectivity index is 1.79. The van der Waals surface area contributed by atoms with Gasteiger partial charge in [-0.2, -0.15) is 5.26 Å². The van der Waals surface area contributed by atoms with Crippen molar-refractivity contribution in [2.45, 2.75) is 12.6 Å². The molecule has 7 heteroatoms. The number of methoxy groups -OCH3 is 1. The average Bonchev–Trinajstić information content (AvgIpc) is 2.78. The van der Waals surface area contributed by atoms with E-state index in [1.54, 1.807) is 48.5 Å². The van der Waals surface area contributed by atoms with Gasteiger partial charge >= 0.3 is 0 Å². The van der Waals surface area contributed by atoms with E-state index < -0.39 is 29.2 Å². The van der Waals surface area contributed by atoms with Crippen LogP contribution in [-0.2, 0) is 16.1 Å². The van der Waals surface area contributed by atoms with E-state index in [0.717, 1.165) is 11.6 Å². The lowest BCUT2D eigenvalue weighted by atomic mass is 10.0. The van der Waals surface area contributed by atoms with Crippen molar-refractivity contribution >= 4 is 17.3 Å². The first kappa shape index (κ1) is 21.0. The van der Waals surface area contributed by atoms with Crippen molar-refractivity contribution in [3.63, 3.8) is 0 Å². The van der Waals surface area contributed by atoms with Crippen molar-refractivity contribution < 1.29 is 18.3 Å². The summed E-state index contributed by atoms with van der Waals surface area (Å²) in [5.74, 6) is -2.47. The number of amides is 1. The van der Waals surface area contributed by atoms with Gasteiger partial charge in [0.2, 0.25) is 0 Å². The highest BCUT2D eigenvalue weighted by molar-refractivity contribution is 5.83. The molecule has 0 fully saturated rings. The molecule has 1 atom stereocenters. The molecule has 0 saturated carbocycles. The number of carbonyl (C=O) groups is 1. The van der Waals surface area contributed by atoms with Gasteiger partial charge in [0.15, 0.2) is 11.9 Å². The summed E-state index contributed by atoms with van der Waals surface area (Å²) in [5, 5.41) is 14.3. The summed E-state index contributed by atoms with van der Waals surface area (Å²) in [7, 11) is 1.21. The number of benzene rings is 3. The summed E-state index contributed by atoms with van der Waals surface area (Å²) in [4.78, 5) is 12.6. The average molecular weight is 407 g/mol. The topological polar surface area (TPSA) is 74.1 Å². The third-order valence-corrected chi connectivity index (χ3v) is 4.47. The van der Waals surface area contributed by atoms with Crippen LogP contribution in [0.25, 0.3) is 0 Å². The van der Waals surface area contributed by atoms with Crippen molar-refractivity contribution in [3.05, 3.63) is 95.1 Å². The second-order valence-corrected chi connectivity index (χ2v) is 6.46. The second kappa shape index (κ2) is 9.63. The van der Waals surface area contributed by atoms with Crippen LogP contribution in [0.15, 0.2) is 66.7 Å². The quantitative estimate of drug-likeness (QED) is 0.601. The van der Waals surface area contributed by atoms with Gasteiger partial charge in [0.1, 0.15) is 5.82 Å². The lowest BCUT2D eigenvalue weighted by Crippen LogP contribution is -2.31. The number of nitrogens with one attached hydrogen (secondary N) is 2. The van der Waals surface area contributed by atoms with Crippen molar-refractivity contribution in [3.8, 4) is 6.07 Å². The van der Waals surface area contributed by atoms with E-state index in [1.807, 2.05) is 12.1 Å². The van der Waals surface area contributed by atoms with Gasteiger partial charge in [0.05, 0.1) is 22.9 Å². The van der Waals surface area contributed by atoms with Gasteiger partial charge in [-0.3, -0.25) is 4.79 Å². The van der Waals surface area contributed by atoms with Gasteiger partial charge in [0, 0.05) is 19.3 Å². The zero-order valence-electron chi connectivity index (χ0n) is 16.2. The van der Waals surface area contributed by atoms with Gasteiger partial charge in [0.25, 0.3) is 5.91 Å². The van der Waals surface area contributed by atoms with E-state index in [0.29, 0.717) is 11.3 Å². The highest BCUT2D eigenvalue weighted by Gasteiger charge is 2.28. The molecule has 3 rings (SSSR count). The molecule has 0 aliphatic rings. The number of para-hydroxylation sites is 1. The summed E-state index contributed by atoms with van der Waals surface area (Å²) in [6.07, 6.45) is -1.47. The summed E-state index contributed by atoms with van der Waals surface area (Å²) < 4.78 is 34.7. The molecule has 0 aliphatic heterocycles. The number of rotatable bonds is 7. The normalized spacial score (nSPS) is 11.4. The highest BCUT2D eigenvalue weighted by atomic mass is 19.1. The molecule has 30 heavy (non-hydrogen) atoms. The third-order valence-electron chi connectivity index (χ3n) is 4.47. The van der Waals surface area contributed by atoms with Gasteiger partial charge in [-0.05, 0) is 42.0 Å². The lowest BCUT2D eigenvalue weighted by molar-refractivity contribution is -0.131. The predicted molar refractivity (Wildman–Crippen MR) is 109 cm³/mol. The Hall–Kier alpha value is -3.76. The van der Waals surface area contributed by atoms with E-state index >= 15 is 4.39 Å². The number of halogens is 2. The number of hydrogen-bond donors (Lipinski definition) is 2. The summed E-state index contributed by atoms with van der Waals surface area (Å²) in [6.45, 7) is 0.121. The number of nitriles is 1. The maximum atomic E-state index is 15.1. The lowest BCUT2D eigenvalue weighted by Gasteiger charge is -2.19. The van der Waals surface area contributed by atoms with Crippen LogP contribution in [0.5, 0.6) is 0 Å². The summed E-state index contributed by atoms with van der Waals surface area (Å²) in [6, 6.07) is 19.8. The second-order valence-electron chi connectivity index (χ2n) is 6.46.